The molecule has 0 aliphatic carbocycles. The lowest BCUT2D eigenvalue weighted by molar-refractivity contribution is 0.171. The van der Waals surface area contributed by atoms with E-state index in [0.717, 1.165) is 43.7 Å². The van der Waals surface area contributed by atoms with Crippen LogP contribution in [0.25, 0.3) is 0 Å². The van der Waals surface area contributed by atoms with E-state index in [0.29, 0.717) is 5.69 Å². The molecule has 0 bridgehead atoms. The molecule has 1 atom stereocenters. The van der Waals surface area contributed by atoms with Crippen molar-refractivity contribution in [1.29, 1.82) is 0 Å². The Morgan fingerprint density at radius 2 is 2.00 bits per heavy atom. The van der Waals surface area contributed by atoms with E-state index in [4.69, 9.17) is 5.73 Å². The molecule has 1 aliphatic heterocycles. The predicted molar refractivity (Wildman–Crippen MR) is 93.7 cm³/mol. The van der Waals surface area contributed by atoms with Gasteiger partial charge in [-0.25, -0.2) is 0 Å². The van der Waals surface area contributed by atoms with Crippen LogP contribution in [0.1, 0.15) is 23.6 Å². The molecule has 0 spiro atoms. The molecule has 0 radical (unpaired) electrons. The number of piperazine rings is 1. The van der Waals surface area contributed by atoms with Gasteiger partial charge in [-0.2, -0.15) is 0 Å². The molecule has 0 unspecified atom stereocenters. The van der Waals surface area contributed by atoms with Gasteiger partial charge in [0, 0.05) is 37.8 Å². The lowest BCUT2D eigenvalue weighted by Gasteiger charge is -2.36. The number of nitrogens with two attached hydrogens (primary N) is 1. The summed E-state index contributed by atoms with van der Waals surface area (Å²) < 4.78 is 0. The number of rotatable bonds is 4. The normalized spacial score (nSPS) is 16.4. The number of aryl methyl sites for hydroxylation is 1. The topological polar surface area (TPSA) is 61.5 Å². The molecule has 0 saturated carbocycles. The van der Waals surface area contributed by atoms with Gasteiger partial charge in [0.05, 0.1) is 5.69 Å². The molecule has 0 aromatic heterocycles. The maximum atomic E-state index is 10.3. The van der Waals surface area contributed by atoms with E-state index in [9.17, 15) is 5.11 Å². The zero-order valence-electron chi connectivity index (χ0n) is 12.3. The van der Waals surface area contributed by atoms with E-state index >= 15 is 0 Å². The molecule has 1 aliphatic rings. The van der Waals surface area contributed by atoms with Crippen molar-refractivity contribution in [3.05, 3.63) is 35.9 Å². The minimum absolute atomic E-state index is 0. The summed E-state index contributed by atoms with van der Waals surface area (Å²) in [6, 6.07) is 3.89. The van der Waals surface area contributed by atoms with Crippen molar-refractivity contribution in [3.8, 4) is 5.75 Å². The zero-order chi connectivity index (χ0) is 13.8. The summed E-state index contributed by atoms with van der Waals surface area (Å²) in [5.74, 6) is 0.227. The molecule has 120 valence electrons. The number of anilines is 1. The van der Waals surface area contributed by atoms with Crippen molar-refractivity contribution in [1.82, 2.24) is 10.2 Å². The fraction of sp³-hybridized carbons (Fsp3) is 0.467. The SMILES string of the molecule is C=CC[C@@H](c1c(C)ccc(N)c1O)N1CCNCC1.Cl.Cl. The standard InChI is InChI=1S/C15H23N3O.2ClH/c1-3-4-13(18-9-7-17-8-10-18)14-11(2)5-6-12(16)15(14)19;;/h3,5-6,13,17,19H,1,4,7-10,16H2,2H3;2*1H/t13-;;/m0../s1. The minimum Gasteiger partial charge on any atom is -0.505 e. The second-order valence-corrected chi connectivity index (χ2v) is 5.06. The first-order chi connectivity index (χ1) is 9.15. The smallest absolute Gasteiger partial charge is 0.143 e. The molecule has 0 amide bonds. The third kappa shape index (κ3) is 4.51. The molecule has 4 N–H and O–H groups in total. The highest BCUT2D eigenvalue weighted by atomic mass is 35.5. The fourth-order valence-electron chi connectivity index (χ4n) is 2.75. The molecule has 1 aromatic rings. The number of benzene rings is 1. The van der Waals surface area contributed by atoms with Gasteiger partial charge < -0.3 is 16.2 Å². The Labute approximate surface area is 139 Å². The molecule has 2 rings (SSSR count). The van der Waals surface area contributed by atoms with E-state index < -0.39 is 0 Å². The molecule has 1 fully saturated rings. The van der Waals surface area contributed by atoms with Crippen LogP contribution in [0.3, 0.4) is 0 Å². The Hall–Kier alpha value is -0.940. The monoisotopic (exact) mass is 333 g/mol. The second kappa shape index (κ2) is 9.15. The average molecular weight is 334 g/mol. The number of nitrogen functional groups attached to an aromatic ring is 1. The summed E-state index contributed by atoms with van der Waals surface area (Å²) in [6.07, 6.45) is 2.73. The maximum Gasteiger partial charge on any atom is 0.143 e. The number of nitrogens with one attached hydrogen (secondary N) is 1. The van der Waals surface area contributed by atoms with Crippen molar-refractivity contribution in [2.45, 2.75) is 19.4 Å². The number of phenolic OH excluding ortho intramolecular Hbond substituents is 1. The molecule has 1 heterocycles. The second-order valence-electron chi connectivity index (χ2n) is 5.06. The van der Waals surface area contributed by atoms with Crippen molar-refractivity contribution in [3.63, 3.8) is 0 Å². The van der Waals surface area contributed by atoms with E-state index in [-0.39, 0.29) is 36.6 Å². The lowest BCUT2D eigenvalue weighted by Crippen LogP contribution is -2.45. The van der Waals surface area contributed by atoms with Gasteiger partial charge in [0.2, 0.25) is 0 Å². The van der Waals surface area contributed by atoms with Crippen LogP contribution in [0, 0.1) is 6.92 Å². The van der Waals surface area contributed by atoms with Gasteiger partial charge in [0.25, 0.3) is 0 Å². The number of phenols is 1. The Kier molecular flexibility index (Phi) is 8.74. The maximum absolute atomic E-state index is 10.3. The summed E-state index contributed by atoms with van der Waals surface area (Å²) in [7, 11) is 0. The molecule has 1 aromatic carbocycles. The first kappa shape index (κ1) is 20.1. The van der Waals surface area contributed by atoms with Crippen molar-refractivity contribution in [2.75, 3.05) is 31.9 Å². The quantitative estimate of drug-likeness (QED) is 0.450. The number of halogens is 2. The van der Waals surface area contributed by atoms with Crippen molar-refractivity contribution >= 4 is 30.5 Å². The van der Waals surface area contributed by atoms with E-state index in [2.05, 4.69) is 16.8 Å². The third-order valence-electron chi connectivity index (χ3n) is 3.78. The summed E-state index contributed by atoms with van der Waals surface area (Å²) >= 11 is 0. The molecular weight excluding hydrogens is 309 g/mol. The van der Waals surface area contributed by atoms with Crippen molar-refractivity contribution < 1.29 is 5.11 Å². The summed E-state index contributed by atoms with van der Waals surface area (Å²) in [5, 5.41) is 13.7. The predicted octanol–water partition coefficient (Wildman–Crippen LogP) is 2.65. The summed E-state index contributed by atoms with van der Waals surface area (Å²) in [6.45, 7) is 9.79. The number of aromatic hydroxyl groups is 1. The van der Waals surface area contributed by atoms with Gasteiger partial charge in [-0.15, -0.1) is 31.4 Å². The largest absolute Gasteiger partial charge is 0.505 e. The highest BCUT2D eigenvalue weighted by Crippen LogP contribution is 2.37. The van der Waals surface area contributed by atoms with Crippen LogP contribution in [-0.2, 0) is 0 Å². The van der Waals surface area contributed by atoms with Crippen LogP contribution in [0.4, 0.5) is 5.69 Å². The highest BCUT2D eigenvalue weighted by molar-refractivity contribution is 5.85. The van der Waals surface area contributed by atoms with Gasteiger partial charge in [-0.1, -0.05) is 12.1 Å². The van der Waals surface area contributed by atoms with Crippen LogP contribution in [0.15, 0.2) is 24.8 Å². The number of nitrogens with zero attached hydrogens (tertiary/aromatic N) is 1. The third-order valence-corrected chi connectivity index (χ3v) is 3.78. The van der Waals surface area contributed by atoms with Crippen LogP contribution >= 0.6 is 24.8 Å². The number of hydrogen-bond acceptors (Lipinski definition) is 4. The van der Waals surface area contributed by atoms with E-state index in [1.54, 1.807) is 6.07 Å². The van der Waals surface area contributed by atoms with Crippen LogP contribution in [0.2, 0.25) is 0 Å². The van der Waals surface area contributed by atoms with Crippen LogP contribution in [-0.4, -0.2) is 36.2 Å². The fourth-order valence-corrected chi connectivity index (χ4v) is 2.75. The minimum atomic E-state index is 0. The average Bonchev–Trinajstić information content (AvgIpc) is 2.43. The number of hydrogen-bond donors (Lipinski definition) is 3. The molecular formula is C15H25Cl2N3O. The van der Waals surface area contributed by atoms with Crippen LogP contribution < -0.4 is 11.1 Å². The Balaban J connectivity index is 0.00000200. The molecule has 6 heteroatoms. The van der Waals surface area contributed by atoms with E-state index in [1.807, 2.05) is 19.1 Å². The van der Waals surface area contributed by atoms with Gasteiger partial charge in [-0.05, 0) is 25.0 Å². The first-order valence-corrected chi connectivity index (χ1v) is 6.78. The van der Waals surface area contributed by atoms with Gasteiger partial charge >= 0.3 is 0 Å². The Bertz CT molecular complexity index is 462. The molecule has 21 heavy (non-hydrogen) atoms. The summed E-state index contributed by atoms with van der Waals surface area (Å²) in [5.41, 5.74) is 8.32. The first-order valence-electron chi connectivity index (χ1n) is 6.78. The molecule has 4 nitrogen and oxygen atoms in total. The van der Waals surface area contributed by atoms with Gasteiger partial charge in [-0.3, -0.25) is 4.90 Å². The Morgan fingerprint density at radius 1 is 1.38 bits per heavy atom. The lowest BCUT2D eigenvalue weighted by atomic mass is 9.95. The summed E-state index contributed by atoms with van der Waals surface area (Å²) in [4.78, 5) is 2.39. The highest BCUT2D eigenvalue weighted by Gasteiger charge is 2.25. The van der Waals surface area contributed by atoms with Crippen molar-refractivity contribution in [2.24, 2.45) is 0 Å². The Morgan fingerprint density at radius 3 is 2.57 bits per heavy atom. The molecule has 1 saturated heterocycles. The van der Waals surface area contributed by atoms with Gasteiger partial charge in [0.15, 0.2) is 0 Å². The van der Waals surface area contributed by atoms with Crippen LogP contribution in [0.5, 0.6) is 5.75 Å². The van der Waals surface area contributed by atoms with Gasteiger partial charge in [0.1, 0.15) is 5.75 Å². The zero-order valence-corrected chi connectivity index (χ0v) is 14.0. The van der Waals surface area contributed by atoms with E-state index in [1.165, 1.54) is 0 Å².